The molecule has 4 aromatic rings. The Hall–Kier alpha value is -2.84. The second-order valence-electron chi connectivity index (χ2n) is 9.19. The molecular formula is C27H29N5OS. The van der Waals surface area contributed by atoms with Crippen LogP contribution in [-0.2, 0) is 11.3 Å². The minimum absolute atomic E-state index is 0.452. The van der Waals surface area contributed by atoms with Gasteiger partial charge in [0.25, 0.3) is 0 Å². The number of nitrogens with zero attached hydrogens (tertiary/aromatic N) is 3. The molecular weight excluding hydrogens is 442 g/mol. The lowest BCUT2D eigenvalue weighted by atomic mass is 10.0. The number of morpholine rings is 1. The van der Waals surface area contributed by atoms with E-state index in [0.29, 0.717) is 6.04 Å². The van der Waals surface area contributed by atoms with Crippen LogP contribution in [0.15, 0.2) is 49.2 Å². The summed E-state index contributed by atoms with van der Waals surface area (Å²) in [6.07, 6.45) is 1.86. The average Bonchev–Trinajstić information content (AvgIpc) is 3.14. The lowest BCUT2D eigenvalue weighted by molar-refractivity contribution is 0.0444. The van der Waals surface area contributed by atoms with Gasteiger partial charge in [-0.05, 0) is 48.9 Å². The summed E-state index contributed by atoms with van der Waals surface area (Å²) in [4.78, 5) is 13.4. The van der Waals surface area contributed by atoms with Crippen LogP contribution in [0.4, 0.5) is 5.69 Å². The van der Waals surface area contributed by atoms with E-state index in [-0.39, 0.29) is 0 Å². The van der Waals surface area contributed by atoms with Crippen molar-refractivity contribution >= 4 is 43.6 Å². The molecule has 0 aliphatic carbocycles. The third kappa shape index (κ3) is 4.09. The van der Waals surface area contributed by atoms with E-state index >= 15 is 0 Å². The Bertz CT molecular complexity index is 1370. The molecule has 174 valence electrons. The Morgan fingerprint density at radius 1 is 1.21 bits per heavy atom. The van der Waals surface area contributed by atoms with Crippen LogP contribution in [0.5, 0.6) is 0 Å². The van der Waals surface area contributed by atoms with Crippen molar-refractivity contribution in [2.75, 3.05) is 44.7 Å². The summed E-state index contributed by atoms with van der Waals surface area (Å²) >= 11 is 1.87. The van der Waals surface area contributed by atoms with Crippen molar-refractivity contribution in [2.45, 2.75) is 19.5 Å². The molecule has 1 atom stereocenters. The van der Waals surface area contributed by atoms with Gasteiger partial charge in [0.1, 0.15) is 0 Å². The van der Waals surface area contributed by atoms with Crippen molar-refractivity contribution in [1.82, 2.24) is 20.2 Å². The second kappa shape index (κ2) is 9.07. The second-order valence-corrected chi connectivity index (χ2v) is 10.3. The molecule has 2 aliphatic rings. The number of fused-ring (bicyclic) bond motifs is 5. The van der Waals surface area contributed by atoms with Gasteiger partial charge in [-0.2, -0.15) is 0 Å². The highest BCUT2D eigenvalue weighted by Crippen LogP contribution is 2.41. The Balaban J connectivity index is 1.33. The van der Waals surface area contributed by atoms with E-state index in [0.717, 1.165) is 74.0 Å². The molecule has 0 amide bonds. The molecule has 1 saturated heterocycles. The smallest absolute Gasteiger partial charge is 0.0717 e. The van der Waals surface area contributed by atoms with Crippen LogP contribution in [0.25, 0.3) is 37.8 Å². The number of ether oxygens (including phenoxy) is 1. The molecule has 1 fully saturated rings. The maximum Gasteiger partial charge on any atom is 0.0717 e. The van der Waals surface area contributed by atoms with Crippen molar-refractivity contribution in [3.05, 3.63) is 59.7 Å². The van der Waals surface area contributed by atoms with Gasteiger partial charge in [-0.25, -0.2) is 4.98 Å². The third-order valence-corrected chi connectivity index (χ3v) is 7.88. The van der Waals surface area contributed by atoms with E-state index in [2.05, 4.69) is 64.4 Å². The number of thiophene rings is 1. The summed E-state index contributed by atoms with van der Waals surface area (Å²) in [5, 5.41) is 9.76. The Morgan fingerprint density at radius 3 is 2.97 bits per heavy atom. The van der Waals surface area contributed by atoms with Crippen LogP contribution in [0.1, 0.15) is 17.5 Å². The highest BCUT2D eigenvalue weighted by Gasteiger charge is 2.19. The Kier molecular flexibility index (Phi) is 5.79. The predicted molar refractivity (Wildman–Crippen MR) is 141 cm³/mol. The van der Waals surface area contributed by atoms with Gasteiger partial charge in [0.05, 0.1) is 35.8 Å². The first kappa shape index (κ1) is 21.7. The lowest BCUT2D eigenvalue weighted by Gasteiger charge is -2.27. The van der Waals surface area contributed by atoms with Crippen LogP contribution in [0, 0.1) is 0 Å². The first-order valence-electron chi connectivity index (χ1n) is 11.9. The summed E-state index contributed by atoms with van der Waals surface area (Å²) in [6, 6.07) is 13.3. The number of hydrogen-bond acceptors (Lipinski definition) is 7. The van der Waals surface area contributed by atoms with E-state index in [9.17, 15) is 0 Å². The van der Waals surface area contributed by atoms with Gasteiger partial charge in [-0.3, -0.25) is 9.88 Å². The van der Waals surface area contributed by atoms with Gasteiger partial charge in [-0.1, -0.05) is 6.58 Å². The molecule has 0 radical (unpaired) electrons. The standard InChI is InChI=1S/C27H29N5OS/c1-17(16-32-9-11-33-12-10-32)23-13-19(7-8-28-23)21-4-3-20-22(31-21)5-6-24-26(20)27-25(34-24)15-29-18(2)14-30-27/h3-8,13,18,29-30H,1,9-12,14-16H2,2H3/t18-/m1/s1. The molecule has 0 bridgehead atoms. The van der Waals surface area contributed by atoms with E-state index in [4.69, 9.17) is 9.72 Å². The van der Waals surface area contributed by atoms with Crippen LogP contribution in [-0.4, -0.2) is 60.3 Å². The molecule has 34 heavy (non-hydrogen) atoms. The van der Waals surface area contributed by atoms with Crippen molar-refractivity contribution in [3.8, 4) is 11.3 Å². The zero-order valence-electron chi connectivity index (χ0n) is 19.4. The normalized spacial score (nSPS) is 19.0. The lowest BCUT2D eigenvalue weighted by Crippen LogP contribution is -2.37. The van der Waals surface area contributed by atoms with Gasteiger partial charge in [-0.15, -0.1) is 11.3 Å². The van der Waals surface area contributed by atoms with Gasteiger partial charge in [0.15, 0.2) is 0 Å². The zero-order valence-corrected chi connectivity index (χ0v) is 20.3. The van der Waals surface area contributed by atoms with Gasteiger partial charge >= 0.3 is 0 Å². The van der Waals surface area contributed by atoms with Crippen LogP contribution in [0.2, 0.25) is 0 Å². The number of nitrogens with one attached hydrogen (secondary N) is 2. The molecule has 5 heterocycles. The van der Waals surface area contributed by atoms with Crippen LogP contribution >= 0.6 is 11.3 Å². The highest BCUT2D eigenvalue weighted by molar-refractivity contribution is 7.20. The van der Waals surface area contributed by atoms with Gasteiger partial charge in [0, 0.05) is 70.9 Å². The maximum atomic E-state index is 5.46. The monoisotopic (exact) mass is 471 g/mol. The van der Waals surface area contributed by atoms with Gasteiger partial charge in [0.2, 0.25) is 0 Å². The average molecular weight is 472 g/mol. The number of benzene rings is 1. The molecule has 0 unspecified atom stereocenters. The summed E-state index contributed by atoms with van der Waals surface area (Å²) in [5.74, 6) is 0. The molecule has 1 aromatic carbocycles. The topological polar surface area (TPSA) is 62.3 Å². The fourth-order valence-electron chi connectivity index (χ4n) is 4.81. The Labute approximate surface area is 203 Å². The molecule has 0 spiro atoms. The summed E-state index contributed by atoms with van der Waals surface area (Å²) in [6.45, 7) is 12.6. The molecule has 3 aromatic heterocycles. The Morgan fingerprint density at radius 2 is 2.09 bits per heavy atom. The largest absolute Gasteiger partial charge is 0.382 e. The zero-order chi connectivity index (χ0) is 23.1. The van der Waals surface area contributed by atoms with Crippen molar-refractivity contribution in [1.29, 1.82) is 0 Å². The van der Waals surface area contributed by atoms with Gasteiger partial charge < -0.3 is 15.4 Å². The number of rotatable bonds is 4. The number of pyridine rings is 2. The van der Waals surface area contributed by atoms with E-state index in [1.54, 1.807) is 0 Å². The van der Waals surface area contributed by atoms with E-state index in [1.807, 2.05) is 23.6 Å². The highest BCUT2D eigenvalue weighted by atomic mass is 32.1. The van der Waals surface area contributed by atoms with Crippen molar-refractivity contribution in [2.24, 2.45) is 0 Å². The minimum atomic E-state index is 0.452. The van der Waals surface area contributed by atoms with Crippen LogP contribution in [0.3, 0.4) is 0 Å². The molecule has 7 heteroatoms. The van der Waals surface area contributed by atoms with Crippen molar-refractivity contribution in [3.63, 3.8) is 0 Å². The molecule has 6 nitrogen and oxygen atoms in total. The fourth-order valence-corrected chi connectivity index (χ4v) is 5.96. The quantitative estimate of drug-likeness (QED) is 0.448. The molecule has 2 aliphatic heterocycles. The first-order valence-corrected chi connectivity index (χ1v) is 12.7. The third-order valence-electron chi connectivity index (χ3n) is 6.73. The molecule has 2 N–H and O–H groups in total. The summed E-state index contributed by atoms with van der Waals surface area (Å²) < 4.78 is 6.77. The number of anilines is 1. The SMILES string of the molecule is C=C(CN1CCOCC1)c1cc(-c2ccc3c(ccc4sc5c(c43)NC[C@@H](C)NC5)n2)ccn1. The maximum absolute atomic E-state index is 5.46. The predicted octanol–water partition coefficient (Wildman–Crippen LogP) is 4.76. The van der Waals surface area contributed by atoms with Crippen molar-refractivity contribution < 1.29 is 4.74 Å². The minimum Gasteiger partial charge on any atom is -0.382 e. The van der Waals surface area contributed by atoms with E-state index < -0.39 is 0 Å². The number of hydrogen-bond donors (Lipinski definition) is 2. The number of aromatic nitrogens is 2. The summed E-state index contributed by atoms with van der Waals surface area (Å²) in [7, 11) is 0. The fraction of sp³-hybridized carbons (Fsp3) is 0.333. The van der Waals surface area contributed by atoms with E-state index in [1.165, 1.54) is 26.0 Å². The van der Waals surface area contributed by atoms with Crippen LogP contribution < -0.4 is 10.6 Å². The molecule has 0 saturated carbocycles. The molecule has 6 rings (SSSR count). The summed E-state index contributed by atoms with van der Waals surface area (Å²) in [5.41, 5.74) is 6.26. The first-order chi connectivity index (χ1) is 16.7.